The first-order valence-corrected chi connectivity index (χ1v) is 6.08. The van der Waals surface area contributed by atoms with Gasteiger partial charge in [-0.2, -0.15) is 13.2 Å². The van der Waals surface area contributed by atoms with Crippen molar-refractivity contribution >= 4 is 0 Å². The predicted octanol–water partition coefficient (Wildman–Crippen LogP) is 5.62. The predicted molar refractivity (Wildman–Crippen MR) is 62.9 cm³/mol. The highest BCUT2D eigenvalue weighted by atomic mass is 19.4. The third-order valence-corrected chi connectivity index (χ3v) is 4.11. The van der Waals surface area contributed by atoms with Crippen molar-refractivity contribution in [2.45, 2.75) is 66.2 Å². The zero-order valence-electron chi connectivity index (χ0n) is 12.3. The van der Waals surface area contributed by atoms with Gasteiger partial charge in [0.1, 0.15) is 0 Å². The van der Waals surface area contributed by atoms with Gasteiger partial charge in [-0.15, -0.1) is 0 Å². The lowest BCUT2D eigenvalue weighted by atomic mass is 9.62. The van der Waals surface area contributed by atoms with Gasteiger partial charge in [-0.3, -0.25) is 0 Å². The summed E-state index contributed by atoms with van der Waals surface area (Å²) in [5.41, 5.74) is -9.01. The molecule has 0 saturated heterocycles. The molecule has 0 bridgehead atoms. The Morgan fingerprint density at radius 2 is 1.00 bits per heavy atom. The Balaban J connectivity index is 6.22. The lowest BCUT2D eigenvalue weighted by molar-refractivity contribution is -0.361. The fourth-order valence-corrected chi connectivity index (χ4v) is 1.88. The molecule has 19 heavy (non-hydrogen) atoms. The molecule has 0 saturated carbocycles. The first kappa shape index (κ1) is 18.6. The Hall–Kier alpha value is -0.420. The van der Waals surface area contributed by atoms with E-state index in [1.54, 1.807) is 0 Å². The van der Waals surface area contributed by atoms with Crippen LogP contribution in [-0.4, -0.2) is 17.8 Å². The Labute approximate surface area is 110 Å². The van der Waals surface area contributed by atoms with E-state index in [0.717, 1.165) is 34.6 Å². The van der Waals surface area contributed by atoms with E-state index >= 15 is 0 Å². The molecule has 0 aliphatic rings. The van der Waals surface area contributed by atoms with Crippen molar-refractivity contribution in [2.24, 2.45) is 16.7 Å². The largest absolute Gasteiger partial charge is 0.429 e. The summed E-state index contributed by atoms with van der Waals surface area (Å²) in [6.45, 7) is 7.15. The molecule has 1 atom stereocenters. The lowest BCUT2D eigenvalue weighted by Crippen LogP contribution is -2.68. The first-order valence-electron chi connectivity index (χ1n) is 6.08. The molecule has 0 aliphatic carbocycles. The third kappa shape index (κ3) is 2.47. The SMILES string of the molecule is CC(C)C(C)(C)C(F)(F)C(F)(C(C)(C)C)C(F)(F)F. The van der Waals surface area contributed by atoms with Crippen LogP contribution in [0.5, 0.6) is 0 Å². The molecule has 0 aromatic carbocycles. The van der Waals surface area contributed by atoms with Crippen LogP contribution in [0.3, 0.4) is 0 Å². The third-order valence-electron chi connectivity index (χ3n) is 4.11. The fraction of sp³-hybridized carbons (Fsp3) is 1.00. The molecular formula is C13H22F6. The van der Waals surface area contributed by atoms with Crippen LogP contribution in [-0.2, 0) is 0 Å². The minimum atomic E-state index is -5.65. The number of hydrogen-bond acceptors (Lipinski definition) is 0. The van der Waals surface area contributed by atoms with E-state index in [2.05, 4.69) is 0 Å². The zero-order chi connectivity index (χ0) is 16.1. The Kier molecular flexibility index (Phi) is 4.45. The summed E-state index contributed by atoms with van der Waals surface area (Å²) in [6.07, 6.45) is -5.65. The van der Waals surface area contributed by atoms with E-state index in [0.29, 0.717) is 0 Å². The van der Waals surface area contributed by atoms with Crippen LogP contribution >= 0.6 is 0 Å². The number of halogens is 6. The summed E-state index contributed by atoms with van der Waals surface area (Å²) in [7, 11) is 0. The quantitative estimate of drug-likeness (QED) is 0.592. The van der Waals surface area contributed by atoms with Crippen LogP contribution in [0.15, 0.2) is 0 Å². The average Bonchev–Trinajstić information content (AvgIpc) is 2.11. The second-order valence-electron chi connectivity index (χ2n) is 6.86. The Morgan fingerprint density at radius 1 is 0.684 bits per heavy atom. The van der Waals surface area contributed by atoms with Crippen LogP contribution in [0, 0.1) is 16.7 Å². The molecule has 0 aliphatic heterocycles. The molecule has 1 unspecified atom stereocenters. The fourth-order valence-electron chi connectivity index (χ4n) is 1.88. The maximum Gasteiger partial charge on any atom is 0.429 e. The molecule has 0 amide bonds. The maximum absolute atomic E-state index is 14.6. The minimum absolute atomic E-state index is 0.817. The van der Waals surface area contributed by atoms with Crippen molar-refractivity contribution < 1.29 is 26.3 Å². The molecule has 0 spiro atoms. The van der Waals surface area contributed by atoms with E-state index in [1.165, 1.54) is 13.8 Å². The summed E-state index contributed by atoms with van der Waals surface area (Å²) in [4.78, 5) is 0. The normalized spacial score (nSPS) is 18.6. The second-order valence-corrected chi connectivity index (χ2v) is 6.86. The number of hydrogen-bond donors (Lipinski definition) is 0. The molecule has 0 N–H and O–H groups in total. The van der Waals surface area contributed by atoms with Crippen LogP contribution in [0.2, 0.25) is 0 Å². The lowest BCUT2D eigenvalue weighted by Gasteiger charge is -2.50. The van der Waals surface area contributed by atoms with Gasteiger partial charge in [-0.1, -0.05) is 48.5 Å². The molecular weight excluding hydrogens is 270 g/mol. The second kappa shape index (κ2) is 4.55. The van der Waals surface area contributed by atoms with Gasteiger partial charge in [0.25, 0.3) is 11.6 Å². The topological polar surface area (TPSA) is 0 Å². The summed E-state index contributed by atoms with van der Waals surface area (Å²) in [5, 5.41) is 0. The molecule has 6 heteroatoms. The van der Waals surface area contributed by atoms with Gasteiger partial charge >= 0.3 is 6.18 Å². The van der Waals surface area contributed by atoms with E-state index in [4.69, 9.17) is 0 Å². The van der Waals surface area contributed by atoms with E-state index < -0.39 is 34.5 Å². The van der Waals surface area contributed by atoms with Crippen molar-refractivity contribution in [2.75, 3.05) is 0 Å². The van der Waals surface area contributed by atoms with Crippen molar-refractivity contribution in [3.8, 4) is 0 Å². The van der Waals surface area contributed by atoms with Crippen molar-refractivity contribution in [1.82, 2.24) is 0 Å². The smallest absolute Gasteiger partial charge is 0.226 e. The number of rotatable bonds is 3. The van der Waals surface area contributed by atoms with Gasteiger partial charge in [-0.25, -0.2) is 13.2 Å². The summed E-state index contributed by atoms with van der Waals surface area (Å²) in [6, 6.07) is 0. The molecule has 0 aromatic heterocycles. The highest BCUT2D eigenvalue weighted by Gasteiger charge is 2.79. The molecule has 0 rings (SSSR count). The van der Waals surface area contributed by atoms with Gasteiger partial charge in [0.05, 0.1) is 0 Å². The molecule has 0 fully saturated rings. The van der Waals surface area contributed by atoms with Crippen LogP contribution < -0.4 is 0 Å². The Morgan fingerprint density at radius 3 is 1.16 bits per heavy atom. The minimum Gasteiger partial charge on any atom is -0.226 e. The monoisotopic (exact) mass is 292 g/mol. The maximum atomic E-state index is 14.6. The van der Waals surface area contributed by atoms with Gasteiger partial charge in [0.2, 0.25) is 0 Å². The van der Waals surface area contributed by atoms with Crippen molar-refractivity contribution in [3.63, 3.8) is 0 Å². The van der Waals surface area contributed by atoms with Crippen molar-refractivity contribution in [1.29, 1.82) is 0 Å². The molecule has 0 nitrogen and oxygen atoms in total. The van der Waals surface area contributed by atoms with Crippen molar-refractivity contribution in [3.05, 3.63) is 0 Å². The van der Waals surface area contributed by atoms with Gasteiger partial charge in [0.15, 0.2) is 0 Å². The summed E-state index contributed by atoms with van der Waals surface area (Å²) >= 11 is 0. The van der Waals surface area contributed by atoms with Crippen LogP contribution in [0.1, 0.15) is 48.5 Å². The van der Waals surface area contributed by atoms with E-state index in [-0.39, 0.29) is 0 Å². The Bertz CT molecular complexity index is 305. The molecule has 0 heterocycles. The molecule has 116 valence electrons. The van der Waals surface area contributed by atoms with Gasteiger partial charge in [-0.05, 0) is 5.92 Å². The highest BCUT2D eigenvalue weighted by molar-refractivity contribution is 5.12. The summed E-state index contributed by atoms with van der Waals surface area (Å²) in [5.74, 6) is -5.37. The van der Waals surface area contributed by atoms with Gasteiger partial charge in [0, 0.05) is 10.8 Å². The highest BCUT2D eigenvalue weighted by Crippen LogP contribution is 2.61. The standard InChI is InChI=1S/C13H22F6/c1-8(2)10(6,7)12(15,16)11(14,9(3,4)5)13(17,18)19/h8H,1-7H3. The van der Waals surface area contributed by atoms with Crippen LogP contribution in [0.4, 0.5) is 26.3 Å². The molecule has 0 radical (unpaired) electrons. The van der Waals surface area contributed by atoms with E-state index in [1.807, 2.05) is 0 Å². The number of alkyl halides is 6. The van der Waals surface area contributed by atoms with Gasteiger partial charge < -0.3 is 0 Å². The summed E-state index contributed by atoms with van der Waals surface area (Å²) < 4.78 is 82.5. The molecule has 0 aromatic rings. The van der Waals surface area contributed by atoms with E-state index in [9.17, 15) is 26.3 Å². The first-order chi connectivity index (χ1) is 7.94. The average molecular weight is 292 g/mol. The van der Waals surface area contributed by atoms with Crippen LogP contribution in [0.25, 0.3) is 0 Å². The zero-order valence-corrected chi connectivity index (χ0v) is 12.3.